The van der Waals surface area contributed by atoms with Crippen LogP contribution in [-0.2, 0) is 6.42 Å². The molecular formula is C14H21NO. The average molecular weight is 219 g/mol. The van der Waals surface area contributed by atoms with Crippen LogP contribution in [-0.4, -0.2) is 12.6 Å². The van der Waals surface area contributed by atoms with Crippen molar-refractivity contribution in [3.8, 4) is 5.75 Å². The zero-order valence-corrected chi connectivity index (χ0v) is 9.82. The van der Waals surface area contributed by atoms with E-state index in [-0.39, 0.29) is 0 Å². The third-order valence-electron chi connectivity index (χ3n) is 3.17. The van der Waals surface area contributed by atoms with E-state index in [9.17, 15) is 0 Å². The molecule has 0 amide bonds. The van der Waals surface area contributed by atoms with Gasteiger partial charge in [0.15, 0.2) is 0 Å². The Balaban J connectivity index is 1.85. The fourth-order valence-corrected chi connectivity index (χ4v) is 1.93. The number of unbranched alkanes of at least 4 members (excludes halogenated alkanes) is 1. The highest BCUT2D eigenvalue weighted by molar-refractivity contribution is 5.28. The summed E-state index contributed by atoms with van der Waals surface area (Å²) in [5, 5.41) is 0. The average Bonchev–Trinajstić information content (AvgIpc) is 2.25. The van der Waals surface area contributed by atoms with Crippen LogP contribution in [0.2, 0.25) is 0 Å². The van der Waals surface area contributed by atoms with Gasteiger partial charge in [-0.1, -0.05) is 12.1 Å². The van der Waals surface area contributed by atoms with Gasteiger partial charge in [0, 0.05) is 0 Å². The Bertz CT molecular complexity index is 320. The number of hydrogen-bond acceptors (Lipinski definition) is 2. The Morgan fingerprint density at radius 1 is 1.25 bits per heavy atom. The second-order valence-corrected chi connectivity index (χ2v) is 4.56. The second kappa shape index (κ2) is 5.90. The van der Waals surface area contributed by atoms with Crippen molar-refractivity contribution in [2.75, 3.05) is 6.54 Å². The van der Waals surface area contributed by atoms with Crippen molar-refractivity contribution in [1.82, 2.24) is 0 Å². The van der Waals surface area contributed by atoms with E-state index in [0.717, 1.165) is 25.1 Å². The first-order chi connectivity index (χ1) is 7.88. The Hall–Kier alpha value is -1.02. The fraction of sp³-hybridized carbons (Fsp3) is 0.571. The molecule has 1 aliphatic rings. The van der Waals surface area contributed by atoms with Crippen molar-refractivity contribution in [3.63, 3.8) is 0 Å². The summed E-state index contributed by atoms with van der Waals surface area (Å²) >= 11 is 0. The topological polar surface area (TPSA) is 35.2 Å². The molecule has 0 aromatic heterocycles. The predicted octanol–water partition coefficient (Wildman–Crippen LogP) is 2.90. The van der Waals surface area contributed by atoms with E-state index in [0.29, 0.717) is 6.10 Å². The molecule has 2 rings (SSSR count). The summed E-state index contributed by atoms with van der Waals surface area (Å²) in [5.74, 6) is 1.04. The maximum Gasteiger partial charge on any atom is 0.119 e. The number of benzene rings is 1. The lowest BCUT2D eigenvalue weighted by Crippen LogP contribution is -2.24. The van der Waals surface area contributed by atoms with Crippen LogP contribution >= 0.6 is 0 Å². The third-order valence-corrected chi connectivity index (χ3v) is 3.17. The van der Waals surface area contributed by atoms with E-state index in [1.807, 2.05) is 0 Å². The number of rotatable bonds is 6. The maximum absolute atomic E-state index is 5.87. The van der Waals surface area contributed by atoms with Crippen molar-refractivity contribution in [2.24, 2.45) is 5.73 Å². The molecule has 16 heavy (non-hydrogen) atoms. The SMILES string of the molecule is NCCCCc1cccc(OC2CCC2)c1. The molecule has 2 heteroatoms. The summed E-state index contributed by atoms with van der Waals surface area (Å²) in [6.07, 6.45) is 7.62. The minimum atomic E-state index is 0.472. The number of ether oxygens (including phenoxy) is 1. The van der Waals surface area contributed by atoms with Crippen LogP contribution in [0.1, 0.15) is 37.7 Å². The molecule has 2 nitrogen and oxygen atoms in total. The molecule has 0 radical (unpaired) electrons. The summed E-state index contributed by atoms with van der Waals surface area (Å²) in [5.41, 5.74) is 6.86. The normalized spacial score (nSPS) is 15.8. The molecule has 1 aromatic rings. The molecule has 1 fully saturated rings. The van der Waals surface area contributed by atoms with Gasteiger partial charge in [0.05, 0.1) is 6.10 Å². The van der Waals surface area contributed by atoms with Gasteiger partial charge in [0.25, 0.3) is 0 Å². The molecule has 1 aromatic carbocycles. The minimum Gasteiger partial charge on any atom is -0.490 e. The molecule has 88 valence electrons. The van der Waals surface area contributed by atoms with Crippen molar-refractivity contribution in [1.29, 1.82) is 0 Å². The Morgan fingerprint density at radius 3 is 2.81 bits per heavy atom. The van der Waals surface area contributed by atoms with Gasteiger partial charge in [0.2, 0.25) is 0 Å². The maximum atomic E-state index is 5.87. The lowest BCUT2D eigenvalue weighted by molar-refractivity contribution is 0.120. The lowest BCUT2D eigenvalue weighted by atomic mass is 9.96. The fourth-order valence-electron chi connectivity index (χ4n) is 1.93. The van der Waals surface area contributed by atoms with Crippen molar-refractivity contribution < 1.29 is 4.74 Å². The number of nitrogens with two attached hydrogens (primary N) is 1. The number of aryl methyl sites for hydroxylation is 1. The van der Waals surface area contributed by atoms with Crippen molar-refractivity contribution >= 4 is 0 Å². The monoisotopic (exact) mass is 219 g/mol. The molecule has 0 atom stereocenters. The Kier molecular flexibility index (Phi) is 4.23. The predicted molar refractivity (Wildman–Crippen MR) is 66.7 cm³/mol. The van der Waals surface area contributed by atoms with E-state index >= 15 is 0 Å². The summed E-state index contributed by atoms with van der Waals surface area (Å²) in [6, 6.07) is 8.50. The molecule has 2 N–H and O–H groups in total. The first kappa shape index (κ1) is 11.5. The van der Waals surface area contributed by atoms with E-state index in [1.165, 1.54) is 31.2 Å². The highest BCUT2D eigenvalue weighted by Gasteiger charge is 2.18. The zero-order valence-electron chi connectivity index (χ0n) is 9.82. The van der Waals surface area contributed by atoms with E-state index in [4.69, 9.17) is 10.5 Å². The van der Waals surface area contributed by atoms with Gasteiger partial charge >= 0.3 is 0 Å². The molecular weight excluding hydrogens is 198 g/mol. The smallest absolute Gasteiger partial charge is 0.119 e. The first-order valence-electron chi connectivity index (χ1n) is 6.34. The molecule has 1 aliphatic carbocycles. The van der Waals surface area contributed by atoms with E-state index in [1.54, 1.807) is 0 Å². The zero-order chi connectivity index (χ0) is 11.2. The van der Waals surface area contributed by atoms with Gasteiger partial charge in [-0.15, -0.1) is 0 Å². The van der Waals surface area contributed by atoms with Gasteiger partial charge in [-0.2, -0.15) is 0 Å². The highest BCUT2D eigenvalue weighted by Crippen LogP contribution is 2.25. The first-order valence-corrected chi connectivity index (χ1v) is 6.34. The van der Waals surface area contributed by atoms with Crippen LogP contribution in [0.5, 0.6) is 5.75 Å². The highest BCUT2D eigenvalue weighted by atomic mass is 16.5. The van der Waals surface area contributed by atoms with Gasteiger partial charge < -0.3 is 10.5 Å². The van der Waals surface area contributed by atoms with E-state index in [2.05, 4.69) is 24.3 Å². The lowest BCUT2D eigenvalue weighted by Gasteiger charge is -2.26. The quantitative estimate of drug-likeness (QED) is 0.747. The molecule has 0 bridgehead atoms. The molecule has 0 saturated heterocycles. The Morgan fingerprint density at radius 2 is 2.12 bits per heavy atom. The van der Waals surface area contributed by atoms with Crippen molar-refractivity contribution in [2.45, 2.75) is 44.6 Å². The van der Waals surface area contributed by atoms with Crippen LogP contribution in [0.4, 0.5) is 0 Å². The van der Waals surface area contributed by atoms with Crippen molar-refractivity contribution in [3.05, 3.63) is 29.8 Å². The molecule has 1 saturated carbocycles. The number of hydrogen-bond donors (Lipinski definition) is 1. The third kappa shape index (κ3) is 3.24. The largest absolute Gasteiger partial charge is 0.490 e. The Labute approximate surface area is 97.8 Å². The van der Waals surface area contributed by atoms with Crippen LogP contribution in [0.25, 0.3) is 0 Å². The minimum absolute atomic E-state index is 0.472. The molecule has 0 spiro atoms. The summed E-state index contributed by atoms with van der Waals surface area (Å²) in [4.78, 5) is 0. The van der Waals surface area contributed by atoms with Gasteiger partial charge in [0.1, 0.15) is 5.75 Å². The van der Waals surface area contributed by atoms with Crippen LogP contribution in [0.15, 0.2) is 24.3 Å². The van der Waals surface area contributed by atoms with Crippen LogP contribution in [0.3, 0.4) is 0 Å². The van der Waals surface area contributed by atoms with E-state index < -0.39 is 0 Å². The van der Waals surface area contributed by atoms with Crippen LogP contribution in [0, 0.1) is 0 Å². The van der Waals surface area contributed by atoms with Gasteiger partial charge in [-0.05, 0) is 62.8 Å². The van der Waals surface area contributed by atoms with Gasteiger partial charge in [-0.25, -0.2) is 0 Å². The summed E-state index contributed by atoms with van der Waals surface area (Å²) in [6.45, 7) is 0.790. The molecule has 0 unspecified atom stereocenters. The van der Waals surface area contributed by atoms with Crippen LogP contribution < -0.4 is 10.5 Å². The molecule has 0 heterocycles. The summed E-state index contributed by atoms with van der Waals surface area (Å²) in [7, 11) is 0. The molecule has 0 aliphatic heterocycles. The standard InChI is InChI=1S/C14H21NO/c15-10-2-1-5-12-6-3-9-14(11-12)16-13-7-4-8-13/h3,6,9,11,13H,1-2,4-5,7-8,10,15H2. The second-order valence-electron chi connectivity index (χ2n) is 4.56. The summed E-state index contributed by atoms with van der Waals surface area (Å²) < 4.78 is 5.87. The van der Waals surface area contributed by atoms with Gasteiger partial charge in [-0.3, -0.25) is 0 Å².